The van der Waals surface area contributed by atoms with Crippen LogP contribution in [0.25, 0.3) is 0 Å². The summed E-state index contributed by atoms with van der Waals surface area (Å²) in [5.74, 6) is 0.268. The average molecular weight is 353 g/mol. The van der Waals surface area contributed by atoms with Crippen LogP contribution >= 0.6 is 15.9 Å². The fraction of sp³-hybridized carbons (Fsp3) is 0.500. The third-order valence-corrected chi connectivity index (χ3v) is 4.28. The molecule has 1 saturated heterocycles. The minimum Gasteiger partial charge on any atom is -0.339 e. The molecule has 0 aliphatic carbocycles. The van der Waals surface area contributed by atoms with Crippen LogP contribution in [0.4, 0.5) is 0 Å². The Morgan fingerprint density at radius 3 is 2.19 bits per heavy atom. The molecule has 0 aromatic heterocycles. The number of piperazine rings is 1. The first-order chi connectivity index (χ1) is 10.2. The van der Waals surface area contributed by atoms with Gasteiger partial charge in [-0.1, -0.05) is 34.1 Å². The molecule has 1 aromatic rings. The van der Waals surface area contributed by atoms with Crippen LogP contribution in [0.15, 0.2) is 30.3 Å². The van der Waals surface area contributed by atoms with Crippen LogP contribution in [0, 0.1) is 0 Å². The Labute approximate surface area is 134 Å². The Hall–Kier alpha value is -1.36. The van der Waals surface area contributed by atoms with Crippen molar-refractivity contribution in [2.45, 2.75) is 19.3 Å². The number of nitrogens with zero attached hydrogens (tertiary/aromatic N) is 2. The standard InChI is InChI=1S/C16H21BrN2O2/c17-9-5-4-8-15(20)18-10-12-19(13-11-18)16(21)14-6-2-1-3-7-14/h1-3,6-7H,4-5,8-13H2. The van der Waals surface area contributed by atoms with E-state index < -0.39 is 0 Å². The number of hydrogen-bond donors (Lipinski definition) is 0. The Morgan fingerprint density at radius 2 is 1.57 bits per heavy atom. The topological polar surface area (TPSA) is 40.6 Å². The summed E-state index contributed by atoms with van der Waals surface area (Å²) < 4.78 is 0. The van der Waals surface area contributed by atoms with E-state index in [2.05, 4.69) is 15.9 Å². The number of rotatable bonds is 5. The summed E-state index contributed by atoms with van der Waals surface area (Å²) >= 11 is 3.37. The van der Waals surface area contributed by atoms with Crippen LogP contribution in [0.2, 0.25) is 0 Å². The van der Waals surface area contributed by atoms with Crippen molar-refractivity contribution >= 4 is 27.7 Å². The summed E-state index contributed by atoms with van der Waals surface area (Å²) in [7, 11) is 0. The van der Waals surface area contributed by atoms with E-state index in [1.165, 1.54) is 0 Å². The highest BCUT2D eigenvalue weighted by Crippen LogP contribution is 2.10. The van der Waals surface area contributed by atoms with Gasteiger partial charge in [0.15, 0.2) is 0 Å². The molecule has 0 saturated carbocycles. The molecule has 5 heteroatoms. The van der Waals surface area contributed by atoms with Crippen molar-refractivity contribution in [1.29, 1.82) is 0 Å². The van der Waals surface area contributed by atoms with Crippen molar-refractivity contribution in [2.24, 2.45) is 0 Å². The monoisotopic (exact) mass is 352 g/mol. The van der Waals surface area contributed by atoms with Gasteiger partial charge in [0, 0.05) is 43.5 Å². The van der Waals surface area contributed by atoms with Crippen LogP contribution in [0.5, 0.6) is 0 Å². The summed E-state index contributed by atoms with van der Waals surface area (Å²) in [6.07, 6.45) is 2.56. The third-order valence-electron chi connectivity index (χ3n) is 3.71. The molecule has 1 aliphatic heterocycles. The number of carbonyl (C=O) groups excluding carboxylic acids is 2. The zero-order valence-corrected chi connectivity index (χ0v) is 13.7. The van der Waals surface area contributed by atoms with Crippen LogP contribution in [0.3, 0.4) is 0 Å². The molecule has 1 heterocycles. The number of carbonyl (C=O) groups is 2. The molecule has 0 radical (unpaired) electrons. The molecular weight excluding hydrogens is 332 g/mol. The predicted molar refractivity (Wildman–Crippen MR) is 86.6 cm³/mol. The summed E-state index contributed by atoms with van der Waals surface area (Å²) in [6.45, 7) is 2.53. The van der Waals surface area contributed by atoms with E-state index in [-0.39, 0.29) is 11.8 Å². The molecule has 114 valence electrons. The van der Waals surface area contributed by atoms with E-state index in [0.29, 0.717) is 32.6 Å². The number of benzene rings is 1. The van der Waals surface area contributed by atoms with Gasteiger partial charge in [-0.15, -0.1) is 0 Å². The average Bonchev–Trinajstić information content (AvgIpc) is 2.55. The largest absolute Gasteiger partial charge is 0.339 e. The molecule has 0 N–H and O–H groups in total. The molecule has 21 heavy (non-hydrogen) atoms. The van der Waals surface area contributed by atoms with Gasteiger partial charge in [0.05, 0.1) is 0 Å². The summed E-state index contributed by atoms with van der Waals surface area (Å²) in [4.78, 5) is 28.0. The molecule has 1 fully saturated rings. The van der Waals surface area contributed by atoms with Crippen LogP contribution < -0.4 is 0 Å². The minimum atomic E-state index is 0.0574. The van der Waals surface area contributed by atoms with E-state index in [1.807, 2.05) is 40.1 Å². The van der Waals surface area contributed by atoms with Crippen LogP contribution in [0.1, 0.15) is 29.6 Å². The quantitative estimate of drug-likeness (QED) is 0.603. The molecule has 0 atom stereocenters. The van der Waals surface area contributed by atoms with Crippen LogP contribution in [-0.4, -0.2) is 53.1 Å². The summed E-state index contributed by atoms with van der Waals surface area (Å²) in [5.41, 5.74) is 0.717. The lowest BCUT2D eigenvalue weighted by Crippen LogP contribution is -2.50. The van der Waals surface area contributed by atoms with E-state index in [4.69, 9.17) is 0 Å². The van der Waals surface area contributed by atoms with Gasteiger partial charge in [-0.2, -0.15) is 0 Å². The first kappa shape index (κ1) is 16.0. The molecule has 0 unspecified atom stereocenters. The highest BCUT2D eigenvalue weighted by atomic mass is 79.9. The Bertz CT molecular complexity index is 470. The molecule has 2 amide bonds. The number of amides is 2. The van der Waals surface area contributed by atoms with Crippen molar-refractivity contribution in [2.75, 3.05) is 31.5 Å². The summed E-state index contributed by atoms with van der Waals surface area (Å²) in [6, 6.07) is 9.31. The van der Waals surface area contributed by atoms with Gasteiger partial charge in [-0.3, -0.25) is 9.59 Å². The van der Waals surface area contributed by atoms with E-state index in [9.17, 15) is 9.59 Å². The SMILES string of the molecule is O=C(CCCCBr)N1CCN(C(=O)c2ccccc2)CC1. The maximum Gasteiger partial charge on any atom is 0.253 e. The fourth-order valence-electron chi connectivity index (χ4n) is 2.45. The lowest BCUT2D eigenvalue weighted by molar-refractivity contribution is -0.132. The van der Waals surface area contributed by atoms with Gasteiger partial charge in [0.2, 0.25) is 5.91 Å². The maximum absolute atomic E-state index is 12.3. The molecule has 0 spiro atoms. The van der Waals surface area contributed by atoms with Gasteiger partial charge in [0.25, 0.3) is 5.91 Å². The first-order valence-electron chi connectivity index (χ1n) is 7.40. The second-order valence-electron chi connectivity index (χ2n) is 5.19. The van der Waals surface area contributed by atoms with Gasteiger partial charge in [-0.25, -0.2) is 0 Å². The third kappa shape index (κ3) is 4.56. The van der Waals surface area contributed by atoms with Crippen molar-refractivity contribution in [3.05, 3.63) is 35.9 Å². The number of alkyl halides is 1. The number of hydrogen-bond acceptors (Lipinski definition) is 2. The Balaban J connectivity index is 1.80. The van der Waals surface area contributed by atoms with E-state index in [0.717, 1.165) is 23.7 Å². The van der Waals surface area contributed by atoms with E-state index in [1.54, 1.807) is 0 Å². The Kier molecular flexibility index (Phi) is 6.23. The predicted octanol–water partition coefficient (Wildman–Crippen LogP) is 2.54. The molecule has 1 aliphatic rings. The lowest BCUT2D eigenvalue weighted by atomic mass is 10.1. The molecular formula is C16H21BrN2O2. The zero-order valence-electron chi connectivity index (χ0n) is 12.1. The second kappa shape index (κ2) is 8.17. The first-order valence-corrected chi connectivity index (χ1v) is 8.52. The van der Waals surface area contributed by atoms with Crippen molar-refractivity contribution in [3.8, 4) is 0 Å². The van der Waals surface area contributed by atoms with Crippen LogP contribution in [-0.2, 0) is 4.79 Å². The smallest absolute Gasteiger partial charge is 0.253 e. The summed E-state index contributed by atoms with van der Waals surface area (Å²) in [5, 5.41) is 0.944. The zero-order chi connectivity index (χ0) is 15.1. The highest BCUT2D eigenvalue weighted by Gasteiger charge is 2.24. The molecule has 2 rings (SSSR count). The molecule has 0 bridgehead atoms. The number of unbranched alkanes of at least 4 members (excludes halogenated alkanes) is 1. The highest BCUT2D eigenvalue weighted by molar-refractivity contribution is 9.09. The van der Waals surface area contributed by atoms with Gasteiger partial charge in [0.1, 0.15) is 0 Å². The number of halogens is 1. The molecule has 1 aromatic carbocycles. The van der Waals surface area contributed by atoms with Gasteiger partial charge >= 0.3 is 0 Å². The Morgan fingerprint density at radius 1 is 0.952 bits per heavy atom. The van der Waals surface area contributed by atoms with Crippen molar-refractivity contribution in [3.63, 3.8) is 0 Å². The maximum atomic E-state index is 12.3. The lowest BCUT2D eigenvalue weighted by Gasteiger charge is -2.35. The van der Waals surface area contributed by atoms with Crippen molar-refractivity contribution in [1.82, 2.24) is 9.80 Å². The molecule has 4 nitrogen and oxygen atoms in total. The normalized spacial score (nSPS) is 15.1. The van der Waals surface area contributed by atoms with Crippen molar-refractivity contribution < 1.29 is 9.59 Å². The van der Waals surface area contributed by atoms with E-state index >= 15 is 0 Å². The minimum absolute atomic E-state index is 0.0574. The van der Waals surface area contributed by atoms with Gasteiger partial charge < -0.3 is 9.80 Å². The fourth-order valence-corrected chi connectivity index (χ4v) is 2.85. The van der Waals surface area contributed by atoms with Gasteiger partial charge in [-0.05, 0) is 25.0 Å². The second-order valence-corrected chi connectivity index (χ2v) is 5.98.